The lowest BCUT2D eigenvalue weighted by atomic mass is 10.1. The van der Waals surface area contributed by atoms with E-state index in [1.807, 2.05) is 0 Å². The van der Waals surface area contributed by atoms with E-state index in [4.69, 9.17) is 0 Å². The van der Waals surface area contributed by atoms with Gasteiger partial charge in [-0.2, -0.15) is 0 Å². The molecule has 0 bridgehead atoms. The quantitative estimate of drug-likeness (QED) is 0.816. The van der Waals surface area contributed by atoms with E-state index in [1.54, 1.807) is 0 Å². The maximum Gasteiger partial charge on any atom is 0.0359 e. The van der Waals surface area contributed by atoms with Gasteiger partial charge in [0.15, 0.2) is 0 Å². The number of nitrogens with one attached hydrogen (secondary N) is 1. The molecule has 0 saturated carbocycles. The predicted molar refractivity (Wildman–Crippen MR) is 81.2 cm³/mol. The molecule has 1 unspecified atom stereocenters. The minimum Gasteiger partial charge on any atom is -0.350 e. The highest BCUT2D eigenvalue weighted by atomic mass is 15.2. The van der Waals surface area contributed by atoms with E-state index < -0.39 is 0 Å². The van der Waals surface area contributed by atoms with Crippen LogP contribution in [0.4, 0.5) is 0 Å². The van der Waals surface area contributed by atoms with Gasteiger partial charge in [0, 0.05) is 37.6 Å². The molecule has 1 atom stereocenters. The van der Waals surface area contributed by atoms with Crippen LogP contribution in [-0.2, 0) is 13.1 Å². The van der Waals surface area contributed by atoms with Crippen LogP contribution in [0.1, 0.15) is 39.3 Å². The second kappa shape index (κ2) is 7.11. The Kier molecular flexibility index (Phi) is 5.46. The Balaban J connectivity index is 1.71. The molecule has 1 N–H and O–H groups in total. The van der Waals surface area contributed by atoms with Crippen LogP contribution in [0.5, 0.6) is 0 Å². The van der Waals surface area contributed by atoms with Crippen LogP contribution in [0, 0.1) is 5.92 Å². The lowest BCUT2D eigenvalue weighted by molar-refractivity contribution is 0.264. The van der Waals surface area contributed by atoms with Crippen molar-refractivity contribution in [2.75, 3.05) is 19.6 Å². The summed E-state index contributed by atoms with van der Waals surface area (Å²) >= 11 is 0. The van der Waals surface area contributed by atoms with Crippen molar-refractivity contribution in [3.63, 3.8) is 0 Å². The highest BCUT2D eigenvalue weighted by Crippen LogP contribution is 2.17. The molecule has 2 heterocycles. The molecule has 2 rings (SSSR count). The van der Waals surface area contributed by atoms with Crippen molar-refractivity contribution in [2.45, 2.75) is 52.7 Å². The molecule has 0 spiro atoms. The summed E-state index contributed by atoms with van der Waals surface area (Å²) in [5, 5.41) is 3.64. The first-order valence-electron chi connectivity index (χ1n) is 7.79. The summed E-state index contributed by atoms with van der Waals surface area (Å²) in [6.07, 6.45) is 4.74. The zero-order chi connectivity index (χ0) is 13.7. The van der Waals surface area contributed by atoms with Crippen LogP contribution in [-0.4, -0.2) is 35.1 Å². The maximum absolute atomic E-state index is 3.64. The van der Waals surface area contributed by atoms with Gasteiger partial charge in [-0.05, 0) is 57.8 Å². The number of aromatic nitrogens is 1. The Morgan fingerprint density at radius 2 is 2.26 bits per heavy atom. The molecule has 0 aliphatic carbocycles. The largest absolute Gasteiger partial charge is 0.350 e. The van der Waals surface area contributed by atoms with Crippen LogP contribution < -0.4 is 5.32 Å². The lowest BCUT2D eigenvalue weighted by Gasteiger charge is -2.20. The number of rotatable bonds is 7. The van der Waals surface area contributed by atoms with E-state index in [9.17, 15) is 0 Å². The fourth-order valence-corrected chi connectivity index (χ4v) is 2.97. The van der Waals surface area contributed by atoms with E-state index in [1.165, 1.54) is 31.6 Å². The van der Waals surface area contributed by atoms with E-state index in [0.29, 0.717) is 6.04 Å². The summed E-state index contributed by atoms with van der Waals surface area (Å²) in [5.41, 5.74) is 1.42. The Morgan fingerprint density at radius 3 is 2.95 bits per heavy atom. The summed E-state index contributed by atoms with van der Waals surface area (Å²) in [6.45, 7) is 12.7. The van der Waals surface area contributed by atoms with E-state index in [0.717, 1.165) is 25.6 Å². The van der Waals surface area contributed by atoms with Crippen molar-refractivity contribution in [2.24, 2.45) is 5.92 Å². The fourth-order valence-electron chi connectivity index (χ4n) is 2.97. The third kappa shape index (κ3) is 4.08. The second-order valence-electron chi connectivity index (χ2n) is 6.07. The first kappa shape index (κ1) is 14.6. The molecular formula is C16H29N3. The normalized spacial score (nSPS) is 20.5. The number of hydrogen-bond acceptors (Lipinski definition) is 2. The van der Waals surface area contributed by atoms with Crippen LogP contribution >= 0.6 is 0 Å². The molecule has 1 aromatic heterocycles. The Bertz CT molecular complexity index is 370. The zero-order valence-corrected chi connectivity index (χ0v) is 12.7. The number of hydrogen-bond donors (Lipinski definition) is 1. The Hall–Kier alpha value is -0.800. The molecule has 0 radical (unpaired) electrons. The average Bonchev–Trinajstić information content (AvgIpc) is 3.00. The number of nitrogens with zero attached hydrogens (tertiary/aromatic N) is 2. The molecule has 19 heavy (non-hydrogen) atoms. The summed E-state index contributed by atoms with van der Waals surface area (Å²) in [7, 11) is 0. The molecule has 0 aromatic carbocycles. The third-order valence-corrected chi connectivity index (χ3v) is 4.17. The summed E-state index contributed by atoms with van der Waals surface area (Å²) in [5.74, 6) is 0.831. The average molecular weight is 263 g/mol. The standard InChI is InChI=1S/C16H29N3/c1-4-8-18-9-5-6-16(18)12-17-11-15-7-10-19(13-15)14(2)3/h5-6,9,14-15,17H,4,7-8,10-13H2,1-3H3. The molecule has 1 aliphatic rings. The first-order chi connectivity index (χ1) is 9.20. The van der Waals surface area contributed by atoms with Gasteiger partial charge in [0.2, 0.25) is 0 Å². The number of aryl methyl sites for hydroxylation is 1. The van der Waals surface area contributed by atoms with Gasteiger partial charge < -0.3 is 14.8 Å². The second-order valence-corrected chi connectivity index (χ2v) is 6.07. The lowest BCUT2D eigenvalue weighted by Crippen LogP contribution is -2.30. The van der Waals surface area contributed by atoms with Gasteiger partial charge in [-0.25, -0.2) is 0 Å². The van der Waals surface area contributed by atoms with Gasteiger partial charge in [-0.1, -0.05) is 6.92 Å². The summed E-state index contributed by atoms with van der Waals surface area (Å²) in [6, 6.07) is 5.09. The minimum absolute atomic E-state index is 0.701. The van der Waals surface area contributed by atoms with E-state index in [-0.39, 0.29) is 0 Å². The Labute approximate surface area is 118 Å². The summed E-state index contributed by atoms with van der Waals surface area (Å²) in [4.78, 5) is 2.59. The minimum atomic E-state index is 0.701. The van der Waals surface area contributed by atoms with Gasteiger partial charge >= 0.3 is 0 Å². The van der Waals surface area contributed by atoms with Gasteiger partial charge in [0.1, 0.15) is 0 Å². The van der Waals surface area contributed by atoms with Crippen molar-refractivity contribution in [1.29, 1.82) is 0 Å². The van der Waals surface area contributed by atoms with Gasteiger partial charge in [0.05, 0.1) is 0 Å². The van der Waals surface area contributed by atoms with Crippen molar-refractivity contribution in [3.05, 3.63) is 24.0 Å². The molecule has 1 fully saturated rings. The van der Waals surface area contributed by atoms with Crippen molar-refractivity contribution >= 4 is 0 Å². The predicted octanol–water partition coefficient (Wildman–Crippen LogP) is 2.72. The molecule has 108 valence electrons. The van der Waals surface area contributed by atoms with Crippen molar-refractivity contribution in [1.82, 2.24) is 14.8 Å². The molecule has 3 nitrogen and oxygen atoms in total. The fraction of sp³-hybridized carbons (Fsp3) is 0.750. The number of likely N-dealkylation sites (tertiary alicyclic amines) is 1. The first-order valence-corrected chi connectivity index (χ1v) is 7.79. The molecule has 3 heteroatoms. The van der Waals surface area contributed by atoms with Crippen LogP contribution in [0.3, 0.4) is 0 Å². The zero-order valence-electron chi connectivity index (χ0n) is 12.7. The molecule has 1 aliphatic heterocycles. The molecule has 0 amide bonds. The van der Waals surface area contributed by atoms with Crippen LogP contribution in [0.2, 0.25) is 0 Å². The van der Waals surface area contributed by atoms with Crippen molar-refractivity contribution in [3.8, 4) is 0 Å². The monoisotopic (exact) mass is 263 g/mol. The SMILES string of the molecule is CCCn1cccc1CNCC1CCN(C(C)C)C1. The molecule has 1 saturated heterocycles. The maximum atomic E-state index is 3.64. The van der Waals surface area contributed by atoms with Gasteiger partial charge in [-0.3, -0.25) is 0 Å². The highest BCUT2D eigenvalue weighted by Gasteiger charge is 2.23. The Morgan fingerprint density at radius 1 is 1.42 bits per heavy atom. The van der Waals surface area contributed by atoms with E-state index >= 15 is 0 Å². The molecule has 1 aromatic rings. The van der Waals surface area contributed by atoms with Crippen molar-refractivity contribution < 1.29 is 0 Å². The van der Waals surface area contributed by atoms with E-state index in [2.05, 4.69) is 53.9 Å². The molecular weight excluding hydrogens is 234 g/mol. The van der Waals surface area contributed by atoms with Crippen LogP contribution in [0.15, 0.2) is 18.3 Å². The van der Waals surface area contributed by atoms with Gasteiger partial charge in [0.25, 0.3) is 0 Å². The third-order valence-electron chi connectivity index (χ3n) is 4.17. The topological polar surface area (TPSA) is 20.2 Å². The smallest absolute Gasteiger partial charge is 0.0359 e. The highest BCUT2D eigenvalue weighted by molar-refractivity contribution is 5.06. The summed E-state index contributed by atoms with van der Waals surface area (Å²) < 4.78 is 2.36. The van der Waals surface area contributed by atoms with Crippen LogP contribution in [0.25, 0.3) is 0 Å². The van der Waals surface area contributed by atoms with Gasteiger partial charge in [-0.15, -0.1) is 0 Å².